The van der Waals surface area contributed by atoms with Gasteiger partial charge in [0.25, 0.3) is 0 Å². The number of hydrogen-bond acceptors (Lipinski definition) is 2. The van der Waals surface area contributed by atoms with Crippen molar-refractivity contribution in [2.24, 2.45) is 0 Å². The van der Waals surface area contributed by atoms with Gasteiger partial charge < -0.3 is 10.6 Å². The van der Waals surface area contributed by atoms with Crippen LogP contribution in [0.2, 0.25) is 0 Å². The van der Waals surface area contributed by atoms with E-state index in [9.17, 15) is 13.6 Å². The van der Waals surface area contributed by atoms with Gasteiger partial charge >= 0.3 is 0 Å². The summed E-state index contributed by atoms with van der Waals surface area (Å²) in [4.78, 5) is 11.5. The van der Waals surface area contributed by atoms with Crippen LogP contribution in [-0.2, 0) is 11.2 Å². The molecule has 0 aliphatic rings. The summed E-state index contributed by atoms with van der Waals surface area (Å²) in [6.45, 7) is 4.10. The monoisotopic (exact) mass is 292 g/mol. The highest BCUT2D eigenvalue weighted by Crippen LogP contribution is 2.11. The maximum Gasteiger partial charge on any atom is 0.224 e. The van der Waals surface area contributed by atoms with Crippen molar-refractivity contribution in [1.29, 1.82) is 0 Å². The van der Waals surface area contributed by atoms with Gasteiger partial charge in [-0.25, -0.2) is 8.78 Å². The molecule has 3 nitrogen and oxygen atoms in total. The summed E-state index contributed by atoms with van der Waals surface area (Å²) in [5.74, 6) is -2.18. The molecule has 2 N–H and O–H groups in total. The highest BCUT2D eigenvalue weighted by atomic mass is 35.5. The van der Waals surface area contributed by atoms with E-state index in [1.165, 1.54) is 12.1 Å². The van der Waals surface area contributed by atoms with Gasteiger partial charge in [0.05, 0.1) is 6.42 Å². The molecule has 1 rings (SSSR count). The zero-order valence-corrected chi connectivity index (χ0v) is 11.7. The summed E-state index contributed by atoms with van der Waals surface area (Å²) in [6, 6.07) is 3.84. The Labute approximate surface area is 118 Å². The van der Waals surface area contributed by atoms with E-state index in [4.69, 9.17) is 0 Å². The average Bonchev–Trinajstić information content (AvgIpc) is 2.35. The van der Waals surface area contributed by atoms with Gasteiger partial charge in [-0.1, -0.05) is 19.1 Å². The zero-order chi connectivity index (χ0) is 13.4. The maximum absolute atomic E-state index is 13.3. The lowest BCUT2D eigenvalue weighted by atomic mass is 10.1. The predicted octanol–water partition coefficient (Wildman–Crippen LogP) is 2.04. The van der Waals surface area contributed by atoms with Crippen LogP contribution >= 0.6 is 12.4 Å². The Morgan fingerprint density at radius 1 is 1.21 bits per heavy atom. The lowest BCUT2D eigenvalue weighted by Gasteiger charge is -2.07. The molecule has 0 heterocycles. The third kappa shape index (κ3) is 6.50. The Morgan fingerprint density at radius 2 is 1.95 bits per heavy atom. The Kier molecular flexibility index (Phi) is 9.08. The second-order valence-electron chi connectivity index (χ2n) is 3.99. The van der Waals surface area contributed by atoms with Gasteiger partial charge in [-0.3, -0.25) is 4.79 Å². The van der Waals surface area contributed by atoms with E-state index in [-0.39, 0.29) is 30.3 Å². The van der Waals surface area contributed by atoms with Crippen LogP contribution in [0.4, 0.5) is 8.78 Å². The molecule has 1 aromatic carbocycles. The summed E-state index contributed by atoms with van der Waals surface area (Å²) in [5, 5.41) is 5.77. The van der Waals surface area contributed by atoms with E-state index in [1.54, 1.807) is 0 Å². The Bertz CT molecular complexity index is 402. The minimum atomic E-state index is -0.947. The lowest BCUT2D eigenvalue weighted by Crippen LogP contribution is -2.33. The SMILES string of the molecule is CCCNCCNC(=O)Cc1cccc(F)c1F.Cl. The maximum atomic E-state index is 13.3. The molecule has 0 spiro atoms. The molecule has 0 radical (unpaired) electrons. The van der Waals surface area contributed by atoms with Crippen LogP contribution < -0.4 is 10.6 Å². The Morgan fingerprint density at radius 3 is 2.63 bits per heavy atom. The van der Waals surface area contributed by atoms with Crippen LogP contribution in [0, 0.1) is 11.6 Å². The molecule has 6 heteroatoms. The molecule has 0 fully saturated rings. The minimum Gasteiger partial charge on any atom is -0.355 e. The quantitative estimate of drug-likeness (QED) is 0.755. The minimum absolute atomic E-state index is 0. The topological polar surface area (TPSA) is 41.1 Å². The summed E-state index contributed by atoms with van der Waals surface area (Å²) >= 11 is 0. The molecule has 1 amide bonds. The zero-order valence-electron chi connectivity index (χ0n) is 10.8. The fraction of sp³-hybridized carbons (Fsp3) is 0.462. The van der Waals surface area contributed by atoms with Crippen LogP contribution in [-0.4, -0.2) is 25.5 Å². The van der Waals surface area contributed by atoms with Crippen molar-refractivity contribution in [3.8, 4) is 0 Å². The molecule has 0 bridgehead atoms. The van der Waals surface area contributed by atoms with Gasteiger partial charge in [0.15, 0.2) is 11.6 Å². The first-order chi connectivity index (χ1) is 8.65. The van der Waals surface area contributed by atoms with Crippen molar-refractivity contribution in [3.05, 3.63) is 35.4 Å². The molecule has 0 atom stereocenters. The first-order valence-corrected chi connectivity index (χ1v) is 6.05. The number of hydrogen-bond donors (Lipinski definition) is 2. The average molecular weight is 293 g/mol. The standard InChI is InChI=1S/C13H18F2N2O.ClH/c1-2-6-16-7-8-17-12(18)9-10-4-3-5-11(14)13(10)15;/h3-5,16H,2,6-9H2,1H3,(H,17,18);1H. The van der Waals surface area contributed by atoms with E-state index in [2.05, 4.69) is 17.6 Å². The number of nitrogens with one attached hydrogen (secondary N) is 2. The van der Waals surface area contributed by atoms with Crippen molar-refractivity contribution in [2.75, 3.05) is 19.6 Å². The third-order valence-electron chi connectivity index (χ3n) is 2.43. The van der Waals surface area contributed by atoms with Crippen LogP contribution in [0.5, 0.6) is 0 Å². The molecule has 0 aliphatic carbocycles. The lowest BCUT2D eigenvalue weighted by molar-refractivity contribution is -0.120. The number of amides is 1. The molecule has 108 valence electrons. The first kappa shape index (κ1) is 17.8. The van der Waals surface area contributed by atoms with Gasteiger partial charge in [-0.15, -0.1) is 12.4 Å². The van der Waals surface area contributed by atoms with Gasteiger partial charge in [-0.05, 0) is 19.0 Å². The van der Waals surface area contributed by atoms with Gasteiger partial charge in [0.2, 0.25) is 5.91 Å². The molecule has 0 unspecified atom stereocenters. The Hall–Kier alpha value is -1.20. The predicted molar refractivity (Wildman–Crippen MR) is 73.5 cm³/mol. The number of carbonyl (C=O) groups is 1. The normalized spacial score (nSPS) is 9.84. The van der Waals surface area contributed by atoms with E-state index in [0.717, 1.165) is 19.0 Å². The molecular formula is C13H19ClF2N2O. The molecule has 19 heavy (non-hydrogen) atoms. The van der Waals surface area contributed by atoms with Gasteiger partial charge in [0, 0.05) is 18.7 Å². The number of rotatable bonds is 7. The second-order valence-corrected chi connectivity index (χ2v) is 3.99. The van der Waals surface area contributed by atoms with Crippen molar-refractivity contribution >= 4 is 18.3 Å². The number of halogens is 3. The summed E-state index contributed by atoms with van der Waals surface area (Å²) in [6.07, 6.45) is 0.889. The Balaban J connectivity index is 0.00000324. The first-order valence-electron chi connectivity index (χ1n) is 6.05. The highest BCUT2D eigenvalue weighted by Gasteiger charge is 2.10. The van der Waals surface area contributed by atoms with Crippen molar-refractivity contribution in [2.45, 2.75) is 19.8 Å². The van der Waals surface area contributed by atoms with Crippen molar-refractivity contribution in [1.82, 2.24) is 10.6 Å². The molecule has 1 aromatic rings. The molecule has 0 aliphatic heterocycles. The molecule has 0 aromatic heterocycles. The smallest absolute Gasteiger partial charge is 0.224 e. The van der Waals surface area contributed by atoms with Gasteiger partial charge in [-0.2, -0.15) is 0 Å². The summed E-state index contributed by atoms with van der Waals surface area (Å²) in [7, 11) is 0. The van der Waals surface area contributed by atoms with Crippen LogP contribution in [0.15, 0.2) is 18.2 Å². The van der Waals surface area contributed by atoms with Crippen LogP contribution in [0.3, 0.4) is 0 Å². The van der Waals surface area contributed by atoms with E-state index < -0.39 is 11.6 Å². The third-order valence-corrected chi connectivity index (χ3v) is 2.43. The van der Waals surface area contributed by atoms with Gasteiger partial charge in [0.1, 0.15) is 0 Å². The molecular weight excluding hydrogens is 274 g/mol. The summed E-state index contributed by atoms with van der Waals surface area (Å²) < 4.78 is 26.2. The number of benzene rings is 1. The largest absolute Gasteiger partial charge is 0.355 e. The fourth-order valence-corrected chi connectivity index (χ4v) is 1.51. The highest BCUT2D eigenvalue weighted by molar-refractivity contribution is 5.85. The summed E-state index contributed by atoms with van der Waals surface area (Å²) in [5.41, 5.74) is 0.0778. The van der Waals surface area contributed by atoms with Crippen molar-refractivity contribution in [3.63, 3.8) is 0 Å². The van der Waals surface area contributed by atoms with Crippen LogP contribution in [0.25, 0.3) is 0 Å². The van der Waals surface area contributed by atoms with E-state index in [1.807, 2.05) is 0 Å². The second kappa shape index (κ2) is 9.69. The number of carbonyl (C=O) groups excluding carboxylic acids is 1. The fourth-order valence-electron chi connectivity index (χ4n) is 1.51. The molecule has 0 saturated heterocycles. The van der Waals surface area contributed by atoms with E-state index >= 15 is 0 Å². The molecule has 0 saturated carbocycles. The van der Waals surface area contributed by atoms with E-state index in [0.29, 0.717) is 13.1 Å². The van der Waals surface area contributed by atoms with Crippen LogP contribution in [0.1, 0.15) is 18.9 Å². The van der Waals surface area contributed by atoms with Crippen molar-refractivity contribution < 1.29 is 13.6 Å².